The molecule has 0 spiro atoms. The first-order chi connectivity index (χ1) is 8.18. The molecular weight excluding hydrogens is 255 g/mol. The molecule has 0 N–H and O–H groups in total. The molecule has 0 saturated carbocycles. The molecule has 0 saturated heterocycles. The Morgan fingerprint density at radius 3 is 1.83 bits per heavy atom. The molecule has 0 aromatic heterocycles. The topological polar surface area (TPSA) is 17.1 Å². The van der Waals surface area contributed by atoms with Crippen molar-refractivity contribution >= 4 is 5.78 Å². The van der Waals surface area contributed by atoms with Gasteiger partial charge in [0, 0.05) is 6.42 Å². The second kappa shape index (κ2) is 5.04. The predicted molar refractivity (Wildman–Crippen MR) is 55.5 cm³/mol. The summed E-state index contributed by atoms with van der Waals surface area (Å²) in [6, 6.07) is 5.94. The molecule has 1 aromatic rings. The maximum Gasteiger partial charge on any atom is 0.461 e. The van der Waals surface area contributed by atoms with Crippen molar-refractivity contribution in [3.05, 3.63) is 35.4 Å². The monoisotopic (exact) mass is 266 g/mol. The van der Waals surface area contributed by atoms with E-state index in [1.807, 2.05) is 6.92 Å². The average Bonchev–Trinajstić information content (AvgIpc) is 2.28. The van der Waals surface area contributed by atoms with Gasteiger partial charge in [-0.2, -0.15) is 22.0 Å². The minimum atomic E-state index is -5.84. The third-order valence-electron chi connectivity index (χ3n) is 2.50. The van der Waals surface area contributed by atoms with Crippen LogP contribution in [-0.2, 0) is 17.6 Å². The second-order valence-corrected chi connectivity index (χ2v) is 3.84. The molecule has 1 nitrogen and oxygen atoms in total. The summed E-state index contributed by atoms with van der Waals surface area (Å²) in [5.74, 6) is -7.43. The van der Waals surface area contributed by atoms with Gasteiger partial charge < -0.3 is 0 Å². The van der Waals surface area contributed by atoms with E-state index in [9.17, 15) is 26.7 Å². The molecule has 0 unspecified atom stereocenters. The van der Waals surface area contributed by atoms with Gasteiger partial charge in [-0.25, -0.2) is 0 Å². The van der Waals surface area contributed by atoms with Crippen LogP contribution in [0, 0.1) is 0 Å². The number of alkyl halides is 5. The third-order valence-corrected chi connectivity index (χ3v) is 2.50. The van der Waals surface area contributed by atoms with Gasteiger partial charge in [-0.15, -0.1) is 0 Å². The predicted octanol–water partition coefficient (Wildman–Crippen LogP) is 3.56. The van der Waals surface area contributed by atoms with Gasteiger partial charge in [0.05, 0.1) is 0 Å². The molecule has 0 heterocycles. The van der Waals surface area contributed by atoms with Gasteiger partial charge in [0.25, 0.3) is 0 Å². The molecule has 6 heteroatoms. The molecule has 0 fully saturated rings. The molecule has 1 aromatic carbocycles. The van der Waals surface area contributed by atoms with Crippen molar-refractivity contribution < 1.29 is 26.7 Å². The summed E-state index contributed by atoms with van der Waals surface area (Å²) in [6.07, 6.45) is -6.06. The Hall–Kier alpha value is -1.46. The number of ketones is 1. The van der Waals surface area contributed by atoms with Crippen molar-refractivity contribution in [3.8, 4) is 0 Å². The van der Waals surface area contributed by atoms with Crippen LogP contribution < -0.4 is 0 Å². The SMILES string of the molecule is CCc1ccc(CC(=O)C(F)(F)C(F)(F)F)cc1. The number of hydrogen-bond acceptors (Lipinski definition) is 1. The number of halogens is 5. The normalized spacial score (nSPS) is 12.6. The molecule has 0 amide bonds. The van der Waals surface area contributed by atoms with E-state index >= 15 is 0 Å². The Kier molecular flexibility index (Phi) is 4.09. The third kappa shape index (κ3) is 3.05. The van der Waals surface area contributed by atoms with Crippen molar-refractivity contribution in [3.63, 3.8) is 0 Å². The summed E-state index contributed by atoms with van der Waals surface area (Å²) in [5.41, 5.74) is 1.05. The Morgan fingerprint density at radius 2 is 1.44 bits per heavy atom. The van der Waals surface area contributed by atoms with Crippen molar-refractivity contribution in [1.82, 2.24) is 0 Å². The summed E-state index contributed by atoms with van der Waals surface area (Å²) in [4.78, 5) is 11.0. The fraction of sp³-hybridized carbons (Fsp3) is 0.417. The smallest absolute Gasteiger partial charge is 0.292 e. The first-order valence-electron chi connectivity index (χ1n) is 5.24. The van der Waals surface area contributed by atoms with Crippen LogP contribution in [0.25, 0.3) is 0 Å². The van der Waals surface area contributed by atoms with E-state index < -0.39 is 24.3 Å². The number of benzene rings is 1. The molecular formula is C12H11F5O. The van der Waals surface area contributed by atoms with Crippen LogP contribution in [-0.4, -0.2) is 17.9 Å². The summed E-state index contributed by atoms with van der Waals surface area (Å²) in [6.45, 7) is 1.87. The molecule has 18 heavy (non-hydrogen) atoms. The zero-order chi connectivity index (χ0) is 14.0. The van der Waals surface area contributed by atoms with Crippen molar-refractivity contribution in [2.45, 2.75) is 31.9 Å². The van der Waals surface area contributed by atoms with Gasteiger partial charge in [-0.05, 0) is 17.5 Å². The van der Waals surface area contributed by atoms with Crippen LogP contribution in [0.1, 0.15) is 18.1 Å². The highest BCUT2D eigenvalue weighted by Gasteiger charge is 2.62. The minimum absolute atomic E-state index is 0.140. The lowest BCUT2D eigenvalue weighted by Gasteiger charge is -2.18. The summed E-state index contributed by atoms with van der Waals surface area (Å²) >= 11 is 0. The first-order valence-corrected chi connectivity index (χ1v) is 5.24. The van der Waals surface area contributed by atoms with Crippen LogP contribution >= 0.6 is 0 Å². The van der Waals surface area contributed by atoms with Crippen molar-refractivity contribution in [2.75, 3.05) is 0 Å². The Balaban J connectivity index is 2.81. The summed E-state index contributed by atoms with van der Waals surface area (Å²) in [7, 11) is 0. The minimum Gasteiger partial charge on any atom is -0.292 e. The van der Waals surface area contributed by atoms with Gasteiger partial charge in [0.2, 0.25) is 5.78 Å². The van der Waals surface area contributed by atoms with Gasteiger partial charge in [0.15, 0.2) is 0 Å². The van der Waals surface area contributed by atoms with E-state index in [4.69, 9.17) is 0 Å². The van der Waals surface area contributed by atoms with E-state index in [2.05, 4.69) is 0 Å². The number of rotatable bonds is 4. The highest BCUT2D eigenvalue weighted by Crippen LogP contribution is 2.36. The maximum atomic E-state index is 12.7. The lowest BCUT2D eigenvalue weighted by Crippen LogP contribution is -2.44. The molecule has 0 bridgehead atoms. The van der Waals surface area contributed by atoms with Gasteiger partial charge in [0.1, 0.15) is 0 Å². The highest BCUT2D eigenvalue weighted by molar-refractivity contribution is 5.88. The molecule has 0 atom stereocenters. The zero-order valence-electron chi connectivity index (χ0n) is 9.52. The quantitative estimate of drug-likeness (QED) is 0.761. The lowest BCUT2D eigenvalue weighted by atomic mass is 10.0. The van der Waals surface area contributed by atoms with Gasteiger partial charge in [-0.3, -0.25) is 4.79 Å². The van der Waals surface area contributed by atoms with Crippen LogP contribution in [0.4, 0.5) is 22.0 Å². The summed E-state index contributed by atoms with van der Waals surface area (Å²) in [5, 5.41) is 0. The largest absolute Gasteiger partial charge is 0.461 e. The summed E-state index contributed by atoms with van der Waals surface area (Å²) < 4.78 is 61.2. The van der Waals surface area contributed by atoms with E-state index in [0.29, 0.717) is 6.42 Å². The Labute approximate surface area is 101 Å². The van der Waals surface area contributed by atoms with E-state index in [-0.39, 0.29) is 5.56 Å². The number of carbonyl (C=O) groups excluding carboxylic acids is 1. The molecule has 1 rings (SSSR count). The van der Waals surface area contributed by atoms with Crippen LogP contribution in [0.5, 0.6) is 0 Å². The number of Topliss-reactive ketones (excluding diaryl/α,β-unsaturated/α-hetero) is 1. The van der Waals surface area contributed by atoms with Crippen LogP contribution in [0.15, 0.2) is 24.3 Å². The van der Waals surface area contributed by atoms with Gasteiger partial charge in [-0.1, -0.05) is 31.2 Å². The standard InChI is InChI=1S/C12H11F5O/c1-2-8-3-5-9(6-4-8)7-10(18)11(13,14)12(15,16)17/h3-6H,2,7H2,1H3. The fourth-order valence-electron chi connectivity index (χ4n) is 1.35. The average molecular weight is 266 g/mol. The maximum absolute atomic E-state index is 12.7. The molecule has 0 aliphatic heterocycles. The second-order valence-electron chi connectivity index (χ2n) is 3.84. The van der Waals surface area contributed by atoms with Crippen molar-refractivity contribution in [1.29, 1.82) is 0 Å². The van der Waals surface area contributed by atoms with Crippen LogP contribution in [0.3, 0.4) is 0 Å². The first kappa shape index (κ1) is 14.6. The van der Waals surface area contributed by atoms with E-state index in [1.54, 1.807) is 12.1 Å². The molecule has 0 aliphatic rings. The lowest BCUT2D eigenvalue weighted by molar-refractivity contribution is -0.268. The number of aryl methyl sites for hydroxylation is 1. The number of hydrogen-bond donors (Lipinski definition) is 0. The van der Waals surface area contributed by atoms with Gasteiger partial charge >= 0.3 is 12.1 Å². The Bertz CT molecular complexity index is 419. The van der Waals surface area contributed by atoms with E-state index in [0.717, 1.165) is 5.56 Å². The number of carbonyl (C=O) groups is 1. The highest BCUT2D eigenvalue weighted by atomic mass is 19.4. The fourth-order valence-corrected chi connectivity index (χ4v) is 1.35. The molecule has 0 radical (unpaired) electrons. The molecule has 100 valence electrons. The molecule has 0 aliphatic carbocycles. The van der Waals surface area contributed by atoms with Crippen LogP contribution in [0.2, 0.25) is 0 Å². The van der Waals surface area contributed by atoms with E-state index in [1.165, 1.54) is 12.1 Å². The Morgan fingerprint density at radius 1 is 1.00 bits per heavy atom. The van der Waals surface area contributed by atoms with Crippen molar-refractivity contribution in [2.24, 2.45) is 0 Å². The zero-order valence-corrected chi connectivity index (χ0v) is 9.52.